The maximum atomic E-state index is 4.31. The van der Waals surface area contributed by atoms with E-state index in [-0.39, 0.29) is 0 Å². The molecule has 0 aliphatic rings. The van der Waals surface area contributed by atoms with E-state index in [1.54, 1.807) is 0 Å². The highest BCUT2D eigenvalue weighted by atomic mass is 15.0. The summed E-state index contributed by atoms with van der Waals surface area (Å²) in [4.78, 5) is 4.31. The zero-order valence-electron chi connectivity index (χ0n) is 7.41. The quantitative estimate of drug-likeness (QED) is 0.625. The number of pyridine rings is 1. The molecule has 0 saturated heterocycles. The largest absolute Gasteiger partial charge is 0.333 e. The molecule has 0 fully saturated rings. The summed E-state index contributed by atoms with van der Waals surface area (Å²) in [6.45, 7) is 2.16. The van der Waals surface area contributed by atoms with Crippen LogP contribution in [0, 0.1) is 0 Å². The first-order chi connectivity index (χ1) is 5.83. The van der Waals surface area contributed by atoms with Crippen molar-refractivity contribution in [3.8, 4) is 0 Å². The number of hydrogen-bond donors (Lipinski definition) is 0. The molecule has 0 aliphatic carbocycles. The molecule has 0 unspecified atom stereocenters. The first kappa shape index (κ1) is 7.35. The molecular weight excluding hydrogens is 148 g/mol. The molecule has 0 amide bonds. The van der Waals surface area contributed by atoms with E-state index >= 15 is 0 Å². The van der Waals surface area contributed by atoms with Crippen LogP contribution in [0.2, 0.25) is 0 Å². The average Bonchev–Trinajstić information content (AvgIpc) is 2.44. The molecule has 2 aromatic rings. The molecule has 0 bridgehead atoms. The van der Waals surface area contributed by atoms with E-state index in [9.17, 15) is 0 Å². The Hall–Kier alpha value is -1.31. The Bertz CT molecular complexity index is 401. The van der Waals surface area contributed by atoms with Gasteiger partial charge in [0.2, 0.25) is 0 Å². The lowest BCUT2D eigenvalue weighted by atomic mass is 10.3. The smallest absolute Gasteiger partial charge is 0.139 e. The fraction of sp³-hybridized carbons (Fsp3) is 0.300. The van der Waals surface area contributed by atoms with Crippen LogP contribution in [0.1, 0.15) is 12.6 Å². The highest BCUT2D eigenvalue weighted by Gasteiger charge is 2.02. The molecule has 12 heavy (non-hydrogen) atoms. The molecule has 2 rings (SSSR count). The van der Waals surface area contributed by atoms with Gasteiger partial charge in [0.1, 0.15) is 5.65 Å². The van der Waals surface area contributed by atoms with Crippen molar-refractivity contribution in [2.24, 2.45) is 7.05 Å². The monoisotopic (exact) mass is 160 g/mol. The molecule has 0 aliphatic heterocycles. The number of rotatable bonds is 1. The fourth-order valence-electron chi connectivity index (χ4n) is 1.55. The zero-order chi connectivity index (χ0) is 8.55. The Kier molecular flexibility index (Phi) is 1.61. The van der Waals surface area contributed by atoms with E-state index < -0.39 is 0 Å². The van der Waals surface area contributed by atoms with Crippen LogP contribution in [-0.4, -0.2) is 9.55 Å². The van der Waals surface area contributed by atoms with Gasteiger partial charge in [0.15, 0.2) is 0 Å². The molecule has 0 radical (unpaired) electrons. The first-order valence-electron chi connectivity index (χ1n) is 4.22. The van der Waals surface area contributed by atoms with Gasteiger partial charge in [-0.2, -0.15) is 0 Å². The van der Waals surface area contributed by atoms with Crippen molar-refractivity contribution in [1.29, 1.82) is 0 Å². The third-order valence-corrected chi connectivity index (χ3v) is 2.25. The second-order valence-corrected chi connectivity index (χ2v) is 2.96. The minimum Gasteiger partial charge on any atom is -0.333 e. The maximum Gasteiger partial charge on any atom is 0.139 e. The highest BCUT2D eigenvalue weighted by molar-refractivity contribution is 5.77. The van der Waals surface area contributed by atoms with Gasteiger partial charge in [-0.15, -0.1) is 0 Å². The van der Waals surface area contributed by atoms with Crippen molar-refractivity contribution in [3.05, 3.63) is 30.1 Å². The fourth-order valence-corrected chi connectivity index (χ4v) is 1.55. The van der Waals surface area contributed by atoms with E-state index in [0.717, 1.165) is 12.1 Å². The number of aryl methyl sites for hydroxylation is 2. The van der Waals surface area contributed by atoms with Crippen LogP contribution in [0.3, 0.4) is 0 Å². The lowest BCUT2D eigenvalue weighted by Crippen LogP contribution is -1.94. The Labute approximate surface area is 71.8 Å². The van der Waals surface area contributed by atoms with Crippen LogP contribution in [0.15, 0.2) is 24.4 Å². The summed E-state index contributed by atoms with van der Waals surface area (Å²) in [6, 6.07) is 6.27. The maximum absolute atomic E-state index is 4.31. The SMILES string of the molecule is CCc1cc2cccnc2n1C. The van der Waals surface area contributed by atoms with E-state index in [1.165, 1.54) is 11.1 Å². The lowest BCUT2D eigenvalue weighted by molar-refractivity contribution is 0.854. The predicted octanol–water partition coefficient (Wildman–Crippen LogP) is 2.14. The van der Waals surface area contributed by atoms with Crippen LogP contribution >= 0.6 is 0 Å². The van der Waals surface area contributed by atoms with Gasteiger partial charge in [0, 0.05) is 24.3 Å². The third-order valence-electron chi connectivity index (χ3n) is 2.25. The van der Waals surface area contributed by atoms with Gasteiger partial charge in [0.05, 0.1) is 0 Å². The molecular formula is C10H12N2. The molecule has 0 saturated carbocycles. The number of hydrogen-bond acceptors (Lipinski definition) is 1. The molecule has 62 valence electrons. The summed E-state index contributed by atoms with van der Waals surface area (Å²) in [7, 11) is 2.06. The summed E-state index contributed by atoms with van der Waals surface area (Å²) in [5.74, 6) is 0. The van der Waals surface area contributed by atoms with Crippen molar-refractivity contribution in [2.75, 3.05) is 0 Å². The number of fused-ring (bicyclic) bond motifs is 1. The summed E-state index contributed by atoms with van der Waals surface area (Å²) in [5.41, 5.74) is 2.41. The van der Waals surface area contributed by atoms with Gasteiger partial charge >= 0.3 is 0 Å². The van der Waals surface area contributed by atoms with Crippen LogP contribution in [-0.2, 0) is 13.5 Å². The Morgan fingerprint density at radius 2 is 2.33 bits per heavy atom. The molecule has 0 spiro atoms. The Balaban J connectivity index is 2.78. The van der Waals surface area contributed by atoms with Crippen molar-refractivity contribution >= 4 is 11.0 Å². The molecule has 0 atom stereocenters. The molecule has 2 aromatic heterocycles. The number of nitrogens with zero attached hydrogens (tertiary/aromatic N) is 2. The Morgan fingerprint density at radius 3 is 3.00 bits per heavy atom. The van der Waals surface area contributed by atoms with E-state index in [2.05, 4.69) is 35.7 Å². The summed E-state index contributed by atoms with van der Waals surface area (Å²) in [5, 5.41) is 1.23. The summed E-state index contributed by atoms with van der Waals surface area (Å²) >= 11 is 0. The van der Waals surface area contributed by atoms with Gasteiger partial charge in [-0.1, -0.05) is 6.92 Å². The van der Waals surface area contributed by atoms with Gasteiger partial charge in [-0.25, -0.2) is 4.98 Å². The van der Waals surface area contributed by atoms with E-state index in [0.29, 0.717) is 0 Å². The van der Waals surface area contributed by atoms with Crippen molar-refractivity contribution in [1.82, 2.24) is 9.55 Å². The van der Waals surface area contributed by atoms with E-state index in [4.69, 9.17) is 0 Å². The first-order valence-corrected chi connectivity index (χ1v) is 4.22. The summed E-state index contributed by atoms with van der Waals surface area (Å²) in [6.07, 6.45) is 2.90. The van der Waals surface area contributed by atoms with Crippen LogP contribution in [0.4, 0.5) is 0 Å². The summed E-state index contributed by atoms with van der Waals surface area (Å²) < 4.78 is 2.15. The predicted molar refractivity (Wildman–Crippen MR) is 50.1 cm³/mol. The molecule has 2 heterocycles. The van der Waals surface area contributed by atoms with Crippen molar-refractivity contribution < 1.29 is 0 Å². The Morgan fingerprint density at radius 1 is 1.50 bits per heavy atom. The van der Waals surface area contributed by atoms with Gasteiger partial charge in [0.25, 0.3) is 0 Å². The standard InChI is InChI=1S/C10H12N2/c1-3-9-7-8-5-4-6-11-10(8)12(9)2/h4-7H,3H2,1-2H3. The van der Waals surface area contributed by atoms with E-state index in [1.807, 2.05) is 12.3 Å². The van der Waals surface area contributed by atoms with Crippen LogP contribution < -0.4 is 0 Å². The topological polar surface area (TPSA) is 17.8 Å². The molecule has 2 heteroatoms. The third kappa shape index (κ3) is 0.916. The van der Waals surface area contributed by atoms with Crippen LogP contribution in [0.5, 0.6) is 0 Å². The van der Waals surface area contributed by atoms with Gasteiger partial charge < -0.3 is 4.57 Å². The second kappa shape index (κ2) is 2.63. The van der Waals surface area contributed by atoms with Crippen LogP contribution in [0.25, 0.3) is 11.0 Å². The average molecular weight is 160 g/mol. The second-order valence-electron chi connectivity index (χ2n) is 2.96. The lowest BCUT2D eigenvalue weighted by Gasteiger charge is -1.98. The minimum absolute atomic E-state index is 1.06. The minimum atomic E-state index is 1.06. The van der Waals surface area contributed by atoms with Gasteiger partial charge in [-0.3, -0.25) is 0 Å². The zero-order valence-corrected chi connectivity index (χ0v) is 7.41. The van der Waals surface area contributed by atoms with Crippen molar-refractivity contribution in [3.63, 3.8) is 0 Å². The molecule has 0 N–H and O–H groups in total. The van der Waals surface area contributed by atoms with Gasteiger partial charge in [-0.05, 0) is 24.6 Å². The molecule has 0 aromatic carbocycles. The molecule has 2 nitrogen and oxygen atoms in total. The highest BCUT2D eigenvalue weighted by Crippen LogP contribution is 2.15. The normalized spacial score (nSPS) is 10.8. The number of aromatic nitrogens is 2. The van der Waals surface area contributed by atoms with Crippen molar-refractivity contribution in [2.45, 2.75) is 13.3 Å².